The van der Waals surface area contributed by atoms with Crippen LogP contribution < -0.4 is 5.32 Å². The minimum Gasteiger partial charge on any atom is -0.477 e. The molecule has 1 fully saturated rings. The van der Waals surface area contributed by atoms with Gasteiger partial charge >= 0.3 is 0 Å². The van der Waals surface area contributed by atoms with Gasteiger partial charge in [0.1, 0.15) is 13.2 Å². The molecule has 4 nitrogen and oxygen atoms in total. The number of hydrogen-bond donors (Lipinski definition) is 1. The van der Waals surface area contributed by atoms with Crippen LogP contribution in [0.15, 0.2) is 17.0 Å². The van der Waals surface area contributed by atoms with Gasteiger partial charge in [0.15, 0.2) is 5.88 Å². The summed E-state index contributed by atoms with van der Waals surface area (Å²) in [7, 11) is 0. The molecule has 0 aromatic heterocycles. The molecule has 0 aliphatic carbocycles. The van der Waals surface area contributed by atoms with Crippen LogP contribution in [-0.4, -0.2) is 32.2 Å². The third kappa shape index (κ3) is 1.45. The van der Waals surface area contributed by atoms with Crippen LogP contribution in [0.25, 0.3) is 0 Å². The van der Waals surface area contributed by atoms with Gasteiger partial charge in [-0.2, -0.15) is 0 Å². The Morgan fingerprint density at radius 3 is 3.00 bits per heavy atom. The van der Waals surface area contributed by atoms with Crippen molar-refractivity contribution in [2.45, 2.75) is 0 Å². The number of nitrogens with zero attached hydrogens (tertiary/aromatic N) is 1. The summed E-state index contributed by atoms with van der Waals surface area (Å²) in [6.07, 6.45) is 1.79. The molecule has 0 bridgehead atoms. The Morgan fingerprint density at radius 2 is 2.36 bits per heavy atom. The van der Waals surface area contributed by atoms with E-state index in [-0.39, 0.29) is 0 Å². The number of nitrogens with one attached hydrogen (secondary N) is 1. The van der Waals surface area contributed by atoms with Gasteiger partial charge in [-0.05, 0) is 0 Å². The van der Waals surface area contributed by atoms with Gasteiger partial charge in [0, 0.05) is 0 Å². The smallest absolute Gasteiger partial charge is 0.214 e. The lowest BCUT2D eigenvalue weighted by atomic mass is 10.6. The van der Waals surface area contributed by atoms with Crippen molar-refractivity contribution in [1.82, 2.24) is 5.32 Å². The number of ether oxygens (including phenoxy) is 2. The molecule has 2 rings (SSSR count). The summed E-state index contributed by atoms with van der Waals surface area (Å²) in [5, 5.41) is 3.06. The summed E-state index contributed by atoms with van der Waals surface area (Å²) >= 11 is 0. The fourth-order valence-corrected chi connectivity index (χ4v) is 1.03. The van der Waals surface area contributed by atoms with Gasteiger partial charge in [0.2, 0.25) is 5.90 Å². The Bertz CT molecular complexity index is 202. The topological polar surface area (TPSA) is 42.8 Å². The zero-order chi connectivity index (χ0) is 7.52. The highest BCUT2D eigenvalue weighted by atomic mass is 16.5. The second kappa shape index (κ2) is 2.82. The Morgan fingerprint density at radius 1 is 1.36 bits per heavy atom. The van der Waals surface area contributed by atoms with E-state index in [2.05, 4.69) is 10.3 Å². The van der Waals surface area contributed by atoms with Crippen LogP contribution in [0.4, 0.5) is 0 Å². The third-order valence-electron chi connectivity index (χ3n) is 1.52. The maximum absolute atomic E-state index is 5.20. The molecule has 0 aromatic rings. The molecule has 0 unspecified atom stereocenters. The predicted octanol–water partition coefficient (Wildman–Crippen LogP) is -0.124. The van der Waals surface area contributed by atoms with Crippen LogP contribution in [-0.2, 0) is 9.47 Å². The van der Waals surface area contributed by atoms with E-state index >= 15 is 0 Å². The lowest BCUT2D eigenvalue weighted by molar-refractivity contribution is 0.264. The minimum absolute atomic E-state index is 0.675. The summed E-state index contributed by atoms with van der Waals surface area (Å²) in [5.74, 6) is 1.44. The Balaban J connectivity index is 2.00. The van der Waals surface area contributed by atoms with Gasteiger partial charge in [-0.3, -0.25) is 0 Å². The van der Waals surface area contributed by atoms with E-state index in [1.807, 2.05) is 0 Å². The van der Waals surface area contributed by atoms with Crippen LogP contribution in [0.3, 0.4) is 0 Å². The zero-order valence-corrected chi connectivity index (χ0v) is 6.17. The normalized spacial score (nSPS) is 25.8. The first-order chi connectivity index (χ1) is 5.45. The fraction of sp³-hybridized carbons (Fsp3) is 0.571. The molecule has 4 heteroatoms. The molecule has 0 atom stereocenters. The summed E-state index contributed by atoms with van der Waals surface area (Å²) in [6.45, 7) is 3.07. The lowest BCUT2D eigenvalue weighted by Gasteiger charge is -1.97. The molecule has 0 saturated carbocycles. The third-order valence-corrected chi connectivity index (χ3v) is 1.52. The highest BCUT2D eigenvalue weighted by molar-refractivity contribution is 5.88. The predicted molar refractivity (Wildman–Crippen MR) is 40.3 cm³/mol. The van der Waals surface area contributed by atoms with Crippen LogP contribution in [0.2, 0.25) is 0 Å². The molecular formula is C7H10N2O2. The maximum Gasteiger partial charge on any atom is 0.214 e. The van der Waals surface area contributed by atoms with Crippen LogP contribution in [0.1, 0.15) is 0 Å². The summed E-state index contributed by atoms with van der Waals surface area (Å²) in [6, 6.07) is 0. The van der Waals surface area contributed by atoms with Gasteiger partial charge in [-0.25, -0.2) is 4.99 Å². The van der Waals surface area contributed by atoms with Gasteiger partial charge in [-0.1, -0.05) is 0 Å². The van der Waals surface area contributed by atoms with Gasteiger partial charge in [0.05, 0.1) is 19.2 Å². The average molecular weight is 154 g/mol. The molecule has 0 spiro atoms. The standard InChI is InChI=1S/C7H10N2O2/c1-3-10-6(8-1)5-7-9-2-4-11-7/h5,8H,1-4H2/b6-5-. The van der Waals surface area contributed by atoms with Crippen molar-refractivity contribution in [2.75, 3.05) is 26.3 Å². The van der Waals surface area contributed by atoms with Crippen molar-refractivity contribution in [3.63, 3.8) is 0 Å². The monoisotopic (exact) mass is 154 g/mol. The number of aliphatic imine (C=N–C) groups is 1. The number of hydrogen-bond acceptors (Lipinski definition) is 4. The molecule has 1 N–H and O–H groups in total. The molecule has 11 heavy (non-hydrogen) atoms. The highest BCUT2D eigenvalue weighted by Crippen LogP contribution is 2.03. The van der Waals surface area contributed by atoms with E-state index in [9.17, 15) is 0 Å². The molecule has 1 saturated heterocycles. The van der Waals surface area contributed by atoms with Gasteiger partial charge in [-0.15, -0.1) is 0 Å². The molecular weight excluding hydrogens is 144 g/mol. The number of rotatable bonds is 1. The molecule has 2 aliphatic rings. The molecule has 2 aliphatic heterocycles. The Hall–Kier alpha value is -1.19. The van der Waals surface area contributed by atoms with E-state index in [4.69, 9.17) is 9.47 Å². The first-order valence-electron chi connectivity index (χ1n) is 3.71. The quantitative estimate of drug-likeness (QED) is 0.572. The second-order valence-corrected chi connectivity index (χ2v) is 2.35. The first kappa shape index (κ1) is 6.52. The van der Waals surface area contributed by atoms with Gasteiger partial charge < -0.3 is 14.8 Å². The minimum atomic E-state index is 0.675. The first-order valence-corrected chi connectivity index (χ1v) is 3.71. The fourth-order valence-electron chi connectivity index (χ4n) is 1.03. The highest BCUT2D eigenvalue weighted by Gasteiger charge is 2.10. The SMILES string of the molecule is C(/C1=NCCO1)=C1\NCCO1. The van der Waals surface area contributed by atoms with Crippen molar-refractivity contribution < 1.29 is 9.47 Å². The van der Waals surface area contributed by atoms with Crippen molar-refractivity contribution in [3.8, 4) is 0 Å². The molecule has 2 heterocycles. The largest absolute Gasteiger partial charge is 0.477 e. The van der Waals surface area contributed by atoms with Crippen molar-refractivity contribution >= 4 is 5.90 Å². The lowest BCUT2D eigenvalue weighted by Crippen LogP contribution is -2.07. The van der Waals surface area contributed by atoms with E-state index < -0.39 is 0 Å². The Labute approximate surface area is 64.9 Å². The second-order valence-electron chi connectivity index (χ2n) is 2.35. The molecule has 0 aromatic carbocycles. The molecule has 0 radical (unpaired) electrons. The average Bonchev–Trinajstić information content (AvgIpc) is 2.60. The van der Waals surface area contributed by atoms with Crippen LogP contribution in [0.5, 0.6) is 0 Å². The van der Waals surface area contributed by atoms with Gasteiger partial charge in [0.25, 0.3) is 0 Å². The van der Waals surface area contributed by atoms with E-state index in [1.165, 1.54) is 0 Å². The van der Waals surface area contributed by atoms with Crippen LogP contribution in [0, 0.1) is 0 Å². The Kier molecular flexibility index (Phi) is 1.67. The van der Waals surface area contributed by atoms with E-state index in [1.54, 1.807) is 6.08 Å². The van der Waals surface area contributed by atoms with E-state index in [0.29, 0.717) is 12.5 Å². The van der Waals surface area contributed by atoms with Crippen molar-refractivity contribution in [1.29, 1.82) is 0 Å². The van der Waals surface area contributed by atoms with Crippen LogP contribution >= 0.6 is 0 Å². The summed E-state index contributed by atoms with van der Waals surface area (Å²) in [4.78, 5) is 4.10. The molecule has 60 valence electrons. The van der Waals surface area contributed by atoms with Crippen molar-refractivity contribution in [3.05, 3.63) is 12.0 Å². The zero-order valence-electron chi connectivity index (χ0n) is 6.17. The van der Waals surface area contributed by atoms with E-state index in [0.717, 1.165) is 25.6 Å². The summed E-state index contributed by atoms with van der Waals surface area (Å²) < 4.78 is 10.4. The maximum atomic E-state index is 5.20. The summed E-state index contributed by atoms with van der Waals surface area (Å²) in [5.41, 5.74) is 0. The van der Waals surface area contributed by atoms with Crippen molar-refractivity contribution in [2.24, 2.45) is 4.99 Å². The molecule has 0 amide bonds.